The van der Waals surface area contributed by atoms with E-state index >= 15 is 0 Å². The Hall–Kier alpha value is -2.84. The van der Waals surface area contributed by atoms with Crippen LogP contribution < -0.4 is 5.32 Å². The quantitative estimate of drug-likeness (QED) is 0.487. The van der Waals surface area contributed by atoms with Gasteiger partial charge in [-0.2, -0.15) is 0 Å². The van der Waals surface area contributed by atoms with Gasteiger partial charge in [-0.05, 0) is 67.9 Å². The number of aliphatic hydroxyl groups is 1. The van der Waals surface area contributed by atoms with Crippen LogP contribution in [0.1, 0.15) is 49.4 Å². The van der Waals surface area contributed by atoms with Crippen molar-refractivity contribution in [2.45, 2.75) is 52.1 Å². The standard InChI is InChI=1S/C24H28N4O3S/c1-4-17-6-8-25-23(27-17)28-18-10-14(2)9-16(11-18)20-13-26-22(32-20)24(31)7-5-19(21(29)30)15(3)12-24/h6,8-11,13,15,19,31H,4-5,7,12H2,1-3H3,(H,29,30)(H,25,27,28). The van der Waals surface area contributed by atoms with Crippen molar-refractivity contribution in [3.8, 4) is 10.4 Å². The predicted molar refractivity (Wildman–Crippen MR) is 125 cm³/mol. The number of hydrogen-bond donors (Lipinski definition) is 3. The summed E-state index contributed by atoms with van der Waals surface area (Å²) < 4.78 is 0. The third kappa shape index (κ3) is 4.66. The second-order valence-electron chi connectivity index (χ2n) is 8.66. The van der Waals surface area contributed by atoms with E-state index in [1.807, 2.05) is 32.0 Å². The van der Waals surface area contributed by atoms with Crippen molar-refractivity contribution in [2.75, 3.05) is 5.32 Å². The normalized spacial score (nSPS) is 23.1. The smallest absolute Gasteiger partial charge is 0.306 e. The molecule has 7 nitrogen and oxygen atoms in total. The van der Waals surface area contributed by atoms with Crippen LogP contribution in [0.3, 0.4) is 0 Å². The molecule has 0 spiro atoms. The molecule has 0 aliphatic heterocycles. The number of nitrogens with zero attached hydrogens (tertiary/aromatic N) is 3. The highest BCUT2D eigenvalue weighted by Gasteiger charge is 2.43. The SMILES string of the molecule is CCc1ccnc(Nc2cc(C)cc(-c3cnc(C4(O)CCC(C(=O)O)C(C)C4)s3)c2)n1. The van der Waals surface area contributed by atoms with Crippen molar-refractivity contribution in [1.82, 2.24) is 15.0 Å². The first-order valence-corrected chi connectivity index (χ1v) is 11.7. The first-order chi connectivity index (χ1) is 15.3. The summed E-state index contributed by atoms with van der Waals surface area (Å²) in [6, 6.07) is 8.05. The van der Waals surface area contributed by atoms with E-state index in [9.17, 15) is 15.0 Å². The minimum Gasteiger partial charge on any atom is -0.481 e. The Bertz CT molecular complexity index is 1130. The molecule has 2 heterocycles. The van der Waals surface area contributed by atoms with Crippen LogP contribution in [0.25, 0.3) is 10.4 Å². The van der Waals surface area contributed by atoms with Crippen LogP contribution in [0.15, 0.2) is 36.7 Å². The summed E-state index contributed by atoms with van der Waals surface area (Å²) in [6.45, 7) is 5.98. The molecule has 0 amide bonds. The zero-order valence-corrected chi connectivity index (χ0v) is 19.3. The van der Waals surface area contributed by atoms with Crippen molar-refractivity contribution in [2.24, 2.45) is 11.8 Å². The molecule has 3 unspecified atom stereocenters. The van der Waals surface area contributed by atoms with Crippen LogP contribution in [-0.4, -0.2) is 31.1 Å². The number of rotatable bonds is 6. The van der Waals surface area contributed by atoms with Crippen LogP contribution in [0.2, 0.25) is 0 Å². The van der Waals surface area contributed by atoms with E-state index in [4.69, 9.17) is 0 Å². The van der Waals surface area contributed by atoms with E-state index < -0.39 is 17.5 Å². The average Bonchev–Trinajstić information content (AvgIpc) is 3.24. The van der Waals surface area contributed by atoms with E-state index in [0.717, 1.165) is 33.8 Å². The minimum atomic E-state index is -1.08. The molecule has 0 radical (unpaired) electrons. The number of benzene rings is 1. The summed E-state index contributed by atoms with van der Waals surface area (Å²) in [6.07, 6.45) is 5.65. The molecule has 1 aliphatic rings. The molecule has 3 atom stereocenters. The monoisotopic (exact) mass is 452 g/mol. The number of nitrogens with one attached hydrogen (secondary N) is 1. The van der Waals surface area contributed by atoms with Crippen molar-refractivity contribution in [1.29, 1.82) is 0 Å². The molecule has 0 bridgehead atoms. The van der Waals surface area contributed by atoms with Crippen LogP contribution in [-0.2, 0) is 16.8 Å². The highest BCUT2D eigenvalue weighted by molar-refractivity contribution is 7.15. The summed E-state index contributed by atoms with van der Waals surface area (Å²) >= 11 is 1.47. The molecule has 1 saturated carbocycles. The van der Waals surface area contributed by atoms with E-state index in [1.165, 1.54) is 11.3 Å². The Morgan fingerprint density at radius 1 is 1.31 bits per heavy atom. The second kappa shape index (κ2) is 8.96. The first kappa shape index (κ1) is 22.4. The van der Waals surface area contributed by atoms with E-state index in [-0.39, 0.29) is 5.92 Å². The fourth-order valence-electron chi connectivity index (χ4n) is 4.42. The number of carbonyl (C=O) groups is 1. The molecule has 1 aromatic carbocycles. The third-order valence-corrected chi connectivity index (χ3v) is 7.37. The molecule has 8 heteroatoms. The molecule has 3 aromatic rings. The lowest BCUT2D eigenvalue weighted by molar-refractivity contribution is -0.148. The minimum absolute atomic E-state index is 0.104. The molecule has 3 N–H and O–H groups in total. The Labute approximate surface area is 191 Å². The Morgan fingerprint density at radius 3 is 2.84 bits per heavy atom. The molecular formula is C24H28N4O3S. The van der Waals surface area contributed by atoms with Crippen LogP contribution in [0.5, 0.6) is 0 Å². The summed E-state index contributed by atoms with van der Waals surface area (Å²) in [5, 5.41) is 24.6. The number of thiazole rings is 1. The van der Waals surface area contributed by atoms with Gasteiger partial charge in [-0.1, -0.05) is 19.9 Å². The molecule has 4 rings (SSSR count). The molecule has 168 valence electrons. The maximum atomic E-state index is 11.4. The van der Waals surface area contributed by atoms with Gasteiger partial charge in [0.2, 0.25) is 5.95 Å². The Balaban J connectivity index is 1.57. The highest BCUT2D eigenvalue weighted by atomic mass is 32.1. The zero-order valence-electron chi connectivity index (χ0n) is 18.5. The fourth-order valence-corrected chi connectivity index (χ4v) is 5.45. The van der Waals surface area contributed by atoms with Gasteiger partial charge in [0.05, 0.1) is 10.8 Å². The van der Waals surface area contributed by atoms with E-state index in [0.29, 0.717) is 30.2 Å². The Morgan fingerprint density at radius 2 is 2.12 bits per heavy atom. The van der Waals surface area contributed by atoms with Crippen molar-refractivity contribution in [3.63, 3.8) is 0 Å². The van der Waals surface area contributed by atoms with Gasteiger partial charge in [-0.3, -0.25) is 4.79 Å². The average molecular weight is 453 g/mol. The maximum Gasteiger partial charge on any atom is 0.306 e. The van der Waals surface area contributed by atoms with E-state index in [2.05, 4.69) is 33.3 Å². The summed E-state index contributed by atoms with van der Waals surface area (Å²) in [5.41, 5.74) is 2.87. The molecular weight excluding hydrogens is 424 g/mol. The molecule has 32 heavy (non-hydrogen) atoms. The lowest BCUT2D eigenvalue weighted by Gasteiger charge is -2.37. The van der Waals surface area contributed by atoms with E-state index in [1.54, 1.807) is 12.4 Å². The number of anilines is 2. The van der Waals surface area contributed by atoms with Gasteiger partial charge in [0, 0.05) is 23.8 Å². The predicted octanol–water partition coefficient (Wildman–Crippen LogP) is 4.92. The van der Waals surface area contributed by atoms with Gasteiger partial charge < -0.3 is 15.5 Å². The molecule has 0 saturated heterocycles. The number of aromatic nitrogens is 3. The van der Waals surface area contributed by atoms with Gasteiger partial charge in [0.15, 0.2) is 0 Å². The van der Waals surface area contributed by atoms with Gasteiger partial charge in [-0.15, -0.1) is 11.3 Å². The van der Waals surface area contributed by atoms with Crippen LogP contribution in [0.4, 0.5) is 11.6 Å². The van der Waals surface area contributed by atoms with Crippen molar-refractivity contribution >= 4 is 28.9 Å². The van der Waals surface area contributed by atoms with Crippen molar-refractivity contribution in [3.05, 3.63) is 52.9 Å². The van der Waals surface area contributed by atoms with Crippen molar-refractivity contribution < 1.29 is 15.0 Å². The van der Waals surface area contributed by atoms with Gasteiger partial charge >= 0.3 is 5.97 Å². The van der Waals surface area contributed by atoms with Crippen LogP contribution in [0, 0.1) is 18.8 Å². The van der Waals surface area contributed by atoms with Gasteiger partial charge in [0.1, 0.15) is 10.6 Å². The zero-order chi connectivity index (χ0) is 22.9. The lowest BCUT2D eigenvalue weighted by atomic mass is 9.72. The number of carboxylic acid groups (broad SMARTS) is 1. The number of aliphatic carboxylic acids is 1. The summed E-state index contributed by atoms with van der Waals surface area (Å²) in [5.74, 6) is -0.738. The highest BCUT2D eigenvalue weighted by Crippen LogP contribution is 2.45. The first-order valence-electron chi connectivity index (χ1n) is 10.9. The summed E-state index contributed by atoms with van der Waals surface area (Å²) in [4.78, 5) is 25.7. The van der Waals surface area contributed by atoms with Crippen LogP contribution >= 0.6 is 11.3 Å². The number of aryl methyl sites for hydroxylation is 2. The van der Waals surface area contributed by atoms with Gasteiger partial charge in [-0.25, -0.2) is 15.0 Å². The topological polar surface area (TPSA) is 108 Å². The second-order valence-corrected chi connectivity index (χ2v) is 9.69. The third-order valence-electron chi connectivity index (χ3n) is 6.13. The number of carboxylic acids is 1. The fraction of sp³-hybridized carbons (Fsp3) is 0.417. The van der Waals surface area contributed by atoms with Gasteiger partial charge in [0.25, 0.3) is 0 Å². The molecule has 2 aromatic heterocycles. The molecule has 1 aliphatic carbocycles. The number of hydrogen-bond acceptors (Lipinski definition) is 7. The maximum absolute atomic E-state index is 11.4. The lowest BCUT2D eigenvalue weighted by Crippen LogP contribution is -2.38. The summed E-state index contributed by atoms with van der Waals surface area (Å²) in [7, 11) is 0. The largest absolute Gasteiger partial charge is 0.481 e. The molecule has 1 fully saturated rings. The Kier molecular flexibility index (Phi) is 6.26.